The van der Waals surface area contributed by atoms with Crippen LogP contribution in [0.25, 0.3) is 11.0 Å². The lowest BCUT2D eigenvalue weighted by atomic mass is 10.2. The van der Waals surface area contributed by atoms with Crippen LogP contribution in [0.15, 0.2) is 24.3 Å². The quantitative estimate of drug-likeness (QED) is 0.682. The Bertz CT molecular complexity index is 657. The number of fused-ring (bicyclic) bond motifs is 1. The molecule has 6 heteroatoms. The van der Waals surface area contributed by atoms with Crippen molar-refractivity contribution in [2.75, 3.05) is 7.11 Å². The predicted octanol–water partition coefficient (Wildman–Crippen LogP) is 2.29. The molecule has 0 bridgehead atoms. The van der Waals surface area contributed by atoms with Crippen molar-refractivity contribution in [2.24, 2.45) is 0 Å². The average Bonchev–Trinajstić information content (AvgIpc) is 2.71. The van der Waals surface area contributed by atoms with Crippen LogP contribution in [0.4, 0.5) is 0 Å². The molecular weight excluding hydrogens is 252 g/mol. The van der Waals surface area contributed by atoms with E-state index in [1.807, 2.05) is 18.2 Å². The Morgan fingerprint density at radius 2 is 2.06 bits per heavy atom. The highest BCUT2D eigenvalue weighted by molar-refractivity contribution is 7.71. The van der Waals surface area contributed by atoms with Crippen LogP contribution in [0.2, 0.25) is 0 Å². The zero-order chi connectivity index (χ0) is 13.1. The van der Waals surface area contributed by atoms with Gasteiger partial charge in [0, 0.05) is 6.42 Å². The van der Waals surface area contributed by atoms with Gasteiger partial charge >= 0.3 is 5.97 Å². The molecule has 2 aromatic rings. The number of H-pyrrole nitrogens is 1. The number of rotatable bonds is 3. The summed E-state index contributed by atoms with van der Waals surface area (Å²) in [5, 5.41) is 0. The number of ether oxygens (including phenoxy) is 1. The molecule has 0 radical (unpaired) electrons. The van der Waals surface area contributed by atoms with Crippen molar-refractivity contribution < 1.29 is 14.3 Å². The van der Waals surface area contributed by atoms with Crippen LogP contribution in [0.1, 0.15) is 17.6 Å². The maximum atomic E-state index is 12.0. The number of carbonyl (C=O) groups is 2. The first-order chi connectivity index (χ1) is 8.63. The molecule has 0 unspecified atom stereocenters. The Morgan fingerprint density at radius 1 is 1.33 bits per heavy atom. The summed E-state index contributed by atoms with van der Waals surface area (Å²) >= 11 is 5.11. The second kappa shape index (κ2) is 5.14. The van der Waals surface area contributed by atoms with Crippen LogP contribution in [0.3, 0.4) is 0 Å². The molecule has 0 saturated carbocycles. The Kier molecular flexibility index (Phi) is 3.57. The molecule has 2 rings (SSSR count). The second-order valence-corrected chi connectivity index (χ2v) is 4.14. The Morgan fingerprint density at radius 3 is 2.78 bits per heavy atom. The summed E-state index contributed by atoms with van der Waals surface area (Å²) in [6.07, 6.45) is 0.124. The van der Waals surface area contributed by atoms with Crippen molar-refractivity contribution in [3.8, 4) is 0 Å². The predicted molar refractivity (Wildman–Crippen MR) is 69.0 cm³/mol. The highest BCUT2D eigenvalue weighted by Gasteiger charge is 2.13. The van der Waals surface area contributed by atoms with Crippen molar-refractivity contribution in [2.45, 2.75) is 12.8 Å². The lowest BCUT2D eigenvalue weighted by Crippen LogP contribution is -2.13. The minimum atomic E-state index is -0.408. The highest BCUT2D eigenvalue weighted by atomic mass is 32.1. The molecule has 0 amide bonds. The molecule has 0 aliphatic carbocycles. The topological polar surface area (TPSA) is 64.1 Å². The summed E-state index contributed by atoms with van der Waals surface area (Å²) in [5.74, 6) is -0.627. The van der Waals surface area contributed by atoms with E-state index in [2.05, 4.69) is 9.72 Å². The standard InChI is InChI=1S/C12H12N2O3S/c1-17-11(16)7-6-10(15)14-9-5-3-2-4-8(9)13-12(14)18/h2-5H,6-7H2,1H3,(H,13,18). The van der Waals surface area contributed by atoms with Gasteiger partial charge in [0.15, 0.2) is 4.77 Å². The zero-order valence-electron chi connectivity index (χ0n) is 9.80. The monoisotopic (exact) mass is 264 g/mol. The SMILES string of the molecule is COC(=O)CCC(=O)n1c(=S)[nH]c2ccccc21. The maximum absolute atomic E-state index is 12.0. The molecule has 0 aliphatic rings. The van der Waals surface area contributed by atoms with E-state index in [1.165, 1.54) is 11.7 Å². The normalized spacial score (nSPS) is 10.5. The molecule has 94 valence electrons. The van der Waals surface area contributed by atoms with Gasteiger partial charge in [0.25, 0.3) is 0 Å². The van der Waals surface area contributed by atoms with E-state index in [1.54, 1.807) is 6.07 Å². The summed E-state index contributed by atoms with van der Waals surface area (Å²) < 4.78 is 6.25. The van der Waals surface area contributed by atoms with Crippen LogP contribution in [0.5, 0.6) is 0 Å². The number of nitrogens with zero attached hydrogens (tertiary/aromatic N) is 1. The van der Waals surface area contributed by atoms with E-state index < -0.39 is 5.97 Å². The number of aromatic amines is 1. The fourth-order valence-electron chi connectivity index (χ4n) is 1.73. The van der Waals surface area contributed by atoms with Gasteiger partial charge in [0.2, 0.25) is 5.91 Å². The first kappa shape index (κ1) is 12.5. The van der Waals surface area contributed by atoms with Crippen molar-refractivity contribution in [1.29, 1.82) is 0 Å². The fraction of sp³-hybridized carbons (Fsp3) is 0.250. The van der Waals surface area contributed by atoms with E-state index in [0.717, 1.165) is 11.0 Å². The Labute approximate surface area is 108 Å². The number of benzene rings is 1. The molecule has 5 nitrogen and oxygen atoms in total. The molecule has 1 aromatic heterocycles. The van der Waals surface area contributed by atoms with Crippen LogP contribution < -0.4 is 0 Å². The first-order valence-corrected chi connectivity index (χ1v) is 5.84. The molecular formula is C12H12N2O3S. The lowest BCUT2D eigenvalue weighted by molar-refractivity contribution is -0.140. The summed E-state index contributed by atoms with van der Waals surface area (Å²) in [5.41, 5.74) is 1.52. The fourth-order valence-corrected chi connectivity index (χ4v) is 2.04. The number of nitrogens with one attached hydrogen (secondary N) is 1. The lowest BCUT2D eigenvalue weighted by Gasteiger charge is -2.02. The number of hydrogen-bond donors (Lipinski definition) is 1. The molecule has 0 fully saturated rings. The van der Waals surface area contributed by atoms with E-state index in [9.17, 15) is 9.59 Å². The minimum Gasteiger partial charge on any atom is -0.469 e. The molecule has 0 saturated heterocycles. The van der Waals surface area contributed by atoms with Gasteiger partial charge in [-0.3, -0.25) is 14.2 Å². The van der Waals surface area contributed by atoms with Crippen molar-refractivity contribution in [1.82, 2.24) is 9.55 Å². The maximum Gasteiger partial charge on any atom is 0.306 e. The number of esters is 1. The molecule has 0 spiro atoms. The molecule has 0 aliphatic heterocycles. The van der Waals surface area contributed by atoms with E-state index in [4.69, 9.17) is 12.2 Å². The van der Waals surface area contributed by atoms with Crippen LogP contribution in [-0.4, -0.2) is 28.5 Å². The van der Waals surface area contributed by atoms with Crippen LogP contribution in [0, 0.1) is 4.77 Å². The summed E-state index contributed by atoms with van der Waals surface area (Å²) in [4.78, 5) is 26.0. The third kappa shape index (κ3) is 2.33. The summed E-state index contributed by atoms with van der Waals surface area (Å²) in [6.45, 7) is 0. The molecule has 18 heavy (non-hydrogen) atoms. The second-order valence-electron chi connectivity index (χ2n) is 3.75. The van der Waals surface area contributed by atoms with Crippen LogP contribution in [-0.2, 0) is 9.53 Å². The van der Waals surface area contributed by atoms with E-state index in [-0.39, 0.29) is 18.7 Å². The van der Waals surface area contributed by atoms with Crippen molar-refractivity contribution in [3.05, 3.63) is 29.0 Å². The number of hydrogen-bond acceptors (Lipinski definition) is 4. The third-order valence-electron chi connectivity index (χ3n) is 2.61. The molecule has 1 N–H and O–H groups in total. The van der Waals surface area contributed by atoms with Gasteiger partial charge in [0.1, 0.15) is 0 Å². The number of imidazole rings is 1. The van der Waals surface area contributed by atoms with E-state index in [0.29, 0.717) is 4.77 Å². The molecule has 1 heterocycles. The van der Waals surface area contributed by atoms with Gasteiger partial charge in [-0.15, -0.1) is 0 Å². The first-order valence-electron chi connectivity index (χ1n) is 5.43. The van der Waals surface area contributed by atoms with E-state index >= 15 is 0 Å². The Balaban J connectivity index is 2.30. The largest absolute Gasteiger partial charge is 0.469 e. The molecule has 1 aromatic carbocycles. The third-order valence-corrected chi connectivity index (χ3v) is 2.89. The van der Waals surface area contributed by atoms with Gasteiger partial charge < -0.3 is 9.72 Å². The van der Waals surface area contributed by atoms with Gasteiger partial charge in [-0.05, 0) is 24.4 Å². The minimum absolute atomic E-state index is 0.0522. The van der Waals surface area contributed by atoms with Gasteiger partial charge in [0.05, 0.1) is 24.6 Å². The zero-order valence-corrected chi connectivity index (χ0v) is 10.6. The average molecular weight is 264 g/mol. The highest BCUT2D eigenvalue weighted by Crippen LogP contribution is 2.14. The van der Waals surface area contributed by atoms with Gasteiger partial charge in [-0.2, -0.15) is 0 Å². The van der Waals surface area contributed by atoms with Crippen molar-refractivity contribution in [3.63, 3.8) is 0 Å². The number of methoxy groups -OCH3 is 1. The number of aromatic nitrogens is 2. The van der Waals surface area contributed by atoms with Crippen molar-refractivity contribution >= 4 is 35.1 Å². The van der Waals surface area contributed by atoms with Gasteiger partial charge in [-0.25, -0.2) is 0 Å². The number of para-hydroxylation sites is 2. The number of carbonyl (C=O) groups excluding carboxylic acids is 2. The van der Waals surface area contributed by atoms with Crippen LogP contribution >= 0.6 is 12.2 Å². The summed E-state index contributed by atoms with van der Waals surface area (Å²) in [7, 11) is 1.30. The Hall–Kier alpha value is -1.95. The van der Waals surface area contributed by atoms with Gasteiger partial charge in [-0.1, -0.05) is 12.1 Å². The summed E-state index contributed by atoms with van der Waals surface area (Å²) in [6, 6.07) is 7.33. The molecule has 0 atom stereocenters. The smallest absolute Gasteiger partial charge is 0.306 e.